The molecule has 1 atom stereocenters. The van der Waals surface area contributed by atoms with Crippen molar-refractivity contribution in [3.05, 3.63) is 16.6 Å². The minimum absolute atomic E-state index is 0. The molecule has 6 nitrogen and oxygen atoms in total. The first-order chi connectivity index (χ1) is 9.65. The molecule has 1 aliphatic rings. The maximum atomic E-state index is 12.1. The van der Waals surface area contributed by atoms with E-state index in [1.165, 1.54) is 0 Å². The predicted octanol–water partition coefficient (Wildman–Crippen LogP) is 1.81. The Morgan fingerprint density at radius 3 is 2.62 bits per heavy atom. The molecule has 1 aromatic carbocycles. The van der Waals surface area contributed by atoms with Gasteiger partial charge in [0.25, 0.3) is 5.91 Å². The Hall–Kier alpha value is -1.02. The summed E-state index contributed by atoms with van der Waals surface area (Å²) in [4.78, 5) is 12.1. The van der Waals surface area contributed by atoms with E-state index in [4.69, 9.17) is 14.2 Å². The van der Waals surface area contributed by atoms with Crippen LogP contribution in [0.25, 0.3) is 0 Å². The van der Waals surface area contributed by atoms with Crippen LogP contribution in [-0.4, -0.2) is 45.9 Å². The number of benzene rings is 1. The molecular formula is C13H18BrClN2O4. The van der Waals surface area contributed by atoms with E-state index in [1.54, 1.807) is 26.4 Å². The molecular weight excluding hydrogens is 364 g/mol. The summed E-state index contributed by atoms with van der Waals surface area (Å²) < 4.78 is 16.5. The molecule has 1 heterocycles. The van der Waals surface area contributed by atoms with Crippen molar-refractivity contribution in [3.8, 4) is 11.5 Å². The Morgan fingerprint density at radius 2 is 2.05 bits per heavy atom. The lowest BCUT2D eigenvalue weighted by atomic mass is 10.2. The minimum Gasteiger partial charge on any atom is -0.493 e. The number of methoxy groups -OCH3 is 2. The largest absolute Gasteiger partial charge is 0.493 e. The SMILES string of the molecule is COc1cc(Br)c(NC(=O)C2CNCCO2)cc1OC.Cl. The van der Waals surface area contributed by atoms with Crippen molar-refractivity contribution in [1.82, 2.24) is 5.32 Å². The van der Waals surface area contributed by atoms with Crippen molar-refractivity contribution >= 4 is 39.9 Å². The van der Waals surface area contributed by atoms with E-state index in [0.29, 0.717) is 34.8 Å². The van der Waals surface area contributed by atoms with E-state index in [-0.39, 0.29) is 18.3 Å². The lowest BCUT2D eigenvalue weighted by Crippen LogP contribution is -2.45. The van der Waals surface area contributed by atoms with Crippen molar-refractivity contribution in [2.45, 2.75) is 6.10 Å². The van der Waals surface area contributed by atoms with E-state index in [9.17, 15) is 4.79 Å². The van der Waals surface area contributed by atoms with E-state index < -0.39 is 6.10 Å². The molecule has 21 heavy (non-hydrogen) atoms. The summed E-state index contributed by atoms with van der Waals surface area (Å²) in [5.74, 6) is 0.951. The van der Waals surface area contributed by atoms with Crippen LogP contribution < -0.4 is 20.1 Å². The molecule has 1 aromatic rings. The van der Waals surface area contributed by atoms with Crippen molar-refractivity contribution in [2.75, 3.05) is 39.2 Å². The van der Waals surface area contributed by atoms with Crippen LogP contribution in [0.2, 0.25) is 0 Å². The van der Waals surface area contributed by atoms with E-state index in [1.807, 2.05) is 0 Å². The molecule has 0 spiro atoms. The summed E-state index contributed by atoms with van der Waals surface area (Å²) in [5.41, 5.74) is 0.613. The van der Waals surface area contributed by atoms with Gasteiger partial charge in [-0.05, 0) is 15.9 Å². The van der Waals surface area contributed by atoms with Crippen LogP contribution in [-0.2, 0) is 9.53 Å². The number of morpholine rings is 1. The molecule has 118 valence electrons. The number of carbonyl (C=O) groups excluding carboxylic acids is 1. The number of rotatable bonds is 4. The first-order valence-corrected chi connectivity index (χ1v) is 6.99. The Balaban J connectivity index is 0.00000220. The highest BCUT2D eigenvalue weighted by Gasteiger charge is 2.23. The quantitative estimate of drug-likeness (QED) is 0.832. The number of amides is 1. The van der Waals surface area contributed by atoms with Gasteiger partial charge in [-0.15, -0.1) is 12.4 Å². The van der Waals surface area contributed by atoms with Crippen LogP contribution in [0.4, 0.5) is 5.69 Å². The number of hydrogen-bond acceptors (Lipinski definition) is 5. The molecule has 1 unspecified atom stereocenters. The summed E-state index contributed by atoms with van der Waals surface area (Å²) in [6.45, 7) is 1.81. The van der Waals surface area contributed by atoms with Gasteiger partial charge in [-0.2, -0.15) is 0 Å². The Labute approximate surface area is 138 Å². The highest BCUT2D eigenvalue weighted by atomic mass is 79.9. The van der Waals surface area contributed by atoms with E-state index in [2.05, 4.69) is 26.6 Å². The average molecular weight is 382 g/mol. The van der Waals surface area contributed by atoms with Crippen LogP contribution in [0.5, 0.6) is 11.5 Å². The van der Waals surface area contributed by atoms with Gasteiger partial charge in [0, 0.05) is 29.7 Å². The first-order valence-electron chi connectivity index (χ1n) is 6.20. The van der Waals surface area contributed by atoms with E-state index >= 15 is 0 Å². The van der Waals surface area contributed by atoms with Crippen molar-refractivity contribution < 1.29 is 19.0 Å². The zero-order chi connectivity index (χ0) is 14.5. The highest BCUT2D eigenvalue weighted by Crippen LogP contribution is 2.36. The van der Waals surface area contributed by atoms with Crippen LogP contribution in [0.1, 0.15) is 0 Å². The number of hydrogen-bond donors (Lipinski definition) is 2. The number of carbonyl (C=O) groups is 1. The minimum atomic E-state index is -0.483. The van der Waals surface area contributed by atoms with Crippen LogP contribution >= 0.6 is 28.3 Å². The fourth-order valence-electron chi connectivity index (χ4n) is 1.90. The molecule has 2 rings (SSSR count). The molecule has 1 saturated heterocycles. The fraction of sp³-hybridized carbons (Fsp3) is 0.462. The summed E-state index contributed by atoms with van der Waals surface area (Å²) in [5, 5.41) is 5.93. The summed E-state index contributed by atoms with van der Waals surface area (Å²) >= 11 is 3.40. The van der Waals surface area contributed by atoms with Gasteiger partial charge < -0.3 is 24.8 Å². The summed E-state index contributed by atoms with van der Waals surface area (Å²) in [6.07, 6.45) is -0.483. The van der Waals surface area contributed by atoms with Gasteiger partial charge in [-0.1, -0.05) is 0 Å². The zero-order valence-corrected chi connectivity index (χ0v) is 14.2. The van der Waals surface area contributed by atoms with Crippen molar-refractivity contribution in [1.29, 1.82) is 0 Å². The number of anilines is 1. The van der Waals surface area contributed by atoms with Crippen LogP contribution in [0.15, 0.2) is 16.6 Å². The zero-order valence-electron chi connectivity index (χ0n) is 11.8. The highest BCUT2D eigenvalue weighted by molar-refractivity contribution is 9.10. The molecule has 0 aliphatic carbocycles. The fourth-order valence-corrected chi connectivity index (χ4v) is 2.32. The monoisotopic (exact) mass is 380 g/mol. The summed E-state index contributed by atoms with van der Waals surface area (Å²) in [7, 11) is 3.11. The molecule has 2 N–H and O–H groups in total. The average Bonchev–Trinajstić information content (AvgIpc) is 2.49. The second kappa shape index (κ2) is 8.43. The predicted molar refractivity (Wildman–Crippen MR) is 85.7 cm³/mol. The van der Waals surface area contributed by atoms with Gasteiger partial charge in [0.1, 0.15) is 6.10 Å². The Bertz CT molecular complexity index is 495. The standard InChI is InChI=1S/C13H17BrN2O4.ClH/c1-18-10-5-8(14)9(6-11(10)19-2)16-13(17)12-7-15-3-4-20-12;/h5-6,12,15H,3-4,7H2,1-2H3,(H,16,17);1H. The lowest BCUT2D eigenvalue weighted by Gasteiger charge is -2.23. The smallest absolute Gasteiger partial charge is 0.254 e. The summed E-state index contributed by atoms with van der Waals surface area (Å²) in [6, 6.07) is 3.45. The van der Waals surface area contributed by atoms with Gasteiger partial charge in [0.05, 0.1) is 26.5 Å². The lowest BCUT2D eigenvalue weighted by molar-refractivity contribution is -0.128. The van der Waals surface area contributed by atoms with Gasteiger partial charge >= 0.3 is 0 Å². The number of halogens is 2. The molecule has 0 aromatic heterocycles. The third-order valence-electron chi connectivity index (χ3n) is 2.95. The molecule has 0 bridgehead atoms. The first kappa shape index (κ1) is 18.0. The van der Waals surface area contributed by atoms with Gasteiger partial charge in [0.15, 0.2) is 11.5 Å². The van der Waals surface area contributed by atoms with Crippen molar-refractivity contribution in [3.63, 3.8) is 0 Å². The van der Waals surface area contributed by atoms with Crippen molar-refractivity contribution in [2.24, 2.45) is 0 Å². The van der Waals surface area contributed by atoms with E-state index in [0.717, 1.165) is 6.54 Å². The second-order valence-electron chi connectivity index (χ2n) is 4.24. The molecule has 0 radical (unpaired) electrons. The molecule has 1 amide bonds. The topological polar surface area (TPSA) is 68.8 Å². The van der Waals surface area contributed by atoms with Crippen LogP contribution in [0, 0.1) is 0 Å². The maximum absolute atomic E-state index is 12.1. The second-order valence-corrected chi connectivity index (χ2v) is 5.09. The number of ether oxygens (including phenoxy) is 3. The van der Waals surface area contributed by atoms with Gasteiger partial charge in [0.2, 0.25) is 0 Å². The Kier molecular flexibility index (Phi) is 7.24. The Morgan fingerprint density at radius 1 is 1.38 bits per heavy atom. The molecule has 1 fully saturated rings. The molecule has 8 heteroatoms. The van der Waals surface area contributed by atoms with Crippen LogP contribution in [0.3, 0.4) is 0 Å². The maximum Gasteiger partial charge on any atom is 0.254 e. The third-order valence-corrected chi connectivity index (χ3v) is 3.61. The normalized spacial score (nSPS) is 17.6. The third kappa shape index (κ3) is 4.47. The van der Waals surface area contributed by atoms with Gasteiger partial charge in [-0.25, -0.2) is 0 Å². The molecule has 0 saturated carbocycles. The van der Waals surface area contributed by atoms with Gasteiger partial charge in [-0.3, -0.25) is 4.79 Å². The molecule has 1 aliphatic heterocycles. The number of nitrogens with one attached hydrogen (secondary N) is 2.